The molecule has 0 aliphatic carbocycles. The fourth-order valence-corrected chi connectivity index (χ4v) is 2.22. The Hall–Kier alpha value is -1.96. The van der Waals surface area contributed by atoms with Gasteiger partial charge in [-0.2, -0.15) is 10.2 Å². The van der Waals surface area contributed by atoms with Crippen molar-refractivity contribution >= 4 is 0 Å². The molecule has 0 unspecified atom stereocenters. The summed E-state index contributed by atoms with van der Waals surface area (Å²) in [5.74, 6) is 0. The van der Waals surface area contributed by atoms with Crippen molar-refractivity contribution in [3.63, 3.8) is 0 Å². The van der Waals surface area contributed by atoms with Crippen LogP contribution in [0.15, 0.2) is 70.9 Å². The maximum absolute atomic E-state index is 4.39. The number of rotatable bonds is 2. The minimum atomic E-state index is 0.224. The minimum absolute atomic E-state index is 0.224. The molecule has 2 aromatic rings. The zero-order chi connectivity index (χ0) is 11.5. The highest BCUT2D eigenvalue weighted by Crippen LogP contribution is 2.38. The summed E-state index contributed by atoms with van der Waals surface area (Å²) in [6, 6.07) is 21.2. The van der Waals surface area contributed by atoms with Gasteiger partial charge < -0.3 is 0 Å². The molecule has 17 heavy (non-hydrogen) atoms. The molecule has 1 aliphatic rings. The van der Waals surface area contributed by atoms with Crippen LogP contribution < -0.4 is 0 Å². The molecule has 0 fully saturated rings. The molecule has 0 saturated heterocycles. The lowest BCUT2D eigenvalue weighted by Gasteiger charge is -2.08. The van der Waals surface area contributed by atoms with Gasteiger partial charge in [0.05, 0.1) is 12.1 Å². The third kappa shape index (κ3) is 2.11. The van der Waals surface area contributed by atoms with E-state index >= 15 is 0 Å². The van der Waals surface area contributed by atoms with Crippen LogP contribution in [0.5, 0.6) is 0 Å². The van der Waals surface area contributed by atoms with Gasteiger partial charge >= 0.3 is 0 Å². The van der Waals surface area contributed by atoms with Crippen LogP contribution in [0.1, 0.15) is 29.6 Å². The summed E-state index contributed by atoms with van der Waals surface area (Å²) < 4.78 is 0. The van der Waals surface area contributed by atoms with Crippen molar-refractivity contribution < 1.29 is 0 Å². The molecule has 0 N–H and O–H groups in total. The quantitative estimate of drug-likeness (QED) is 0.722. The van der Waals surface area contributed by atoms with E-state index in [1.165, 1.54) is 11.1 Å². The molecule has 2 heteroatoms. The third-order valence-electron chi connectivity index (χ3n) is 3.16. The Labute approximate surface area is 101 Å². The fourth-order valence-electron chi connectivity index (χ4n) is 2.22. The van der Waals surface area contributed by atoms with Gasteiger partial charge in [-0.1, -0.05) is 60.7 Å². The van der Waals surface area contributed by atoms with E-state index in [9.17, 15) is 0 Å². The van der Waals surface area contributed by atoms with Crippen molar-refractivity contribution in [1.82, 2.24) is 0 Å². The normalized spacial score (nSPS) is 22.8. The van der Waals surface area contributed by atoms with Crippen LogP contribution in [0.25, 0.3) is 0 Å². The Bertz CT molecular complexity index is 457. The average Bonchev–Trinajstić information content (AvgIpc) is 2.90. The topological polar surface area (TPSA) is 24.7 Å². The van der Waals surface area contributed by atoms with E-state index in [1.54, 1.807) is 0 Å². The molecule has 1 heterocycles. The van der Waals surface area contributed by atoms with E-state index in [4.69, 9.17) is 0 Å². The summed E-state index contributed by atoms with van der Waals surface area (Å²) in [5.41, 5.74) is 2.52. The number of hydrogen-bond donors (Lipinski definition) is 0. The predicted octanol–water partition coefficient (Wildman–Crippen LogP) is 4.32. The summed E-state index contributed by atoms with van der Waals surface area (Å²) >= 11 is 0. The van der Waals surface area contributed by atoms with Crippen LogP contribution in [-0.2, 0) is 0 Å². The summed E-state index contributed by atoms with van der Waals surface area (Å²) in [7, 11) is 0. The van der Waals surface area contributed by atoms with Gasteiger partial charge in [0.15, 0.2) is 0 Å². The maximum Gasteiger partial charge on any atom is 0.0982 e. The standard InChI is InChI=1S/C15H14N2/c1-3-7-12(8-4-1)14-11-15(17-16-14)13-9-5-2-6-10-13/h1-10,14-15H,11H2/t14-,15-/m1/s1. The first kappa shape index (κ1) is 10.2. The van der Waals surface area contributed by atoms with Crippen molar-refractivity contribution in [2.24, 2.45) is 10.2 Å². The van der Waals surface area contributed by atoms with Gasteiger partial charge in [0.25, 0.3) is 0 Å². The SMILES string of the molecule is c1ccc([C@H]2C[C@H](c3ccccc3)N=N2)cc1. The highest BCUT2D eigenvalue weighted by atomic mass is 15.2. The van der Waals surface area contributed by atoms with Crippen LogP contribution in [0, 0.1) is 0 Å². The molecule has 0 bridgehead atoms. The smallest absolute Gasteiger partial charge is 0.0982 e. The first-order valence-corrected chi connectivity index (χ1v) is 5.93. The number of azo groups is 1. The Morgan fingerprint density at radius 3 is 1.47 bits per heavy atom. The third-order valence-corrected chi connectivity index (χ3v) is 3.16. The summed E-state index contributed by atoms with van der Waals surface area (Å²) in [5, 5.41) is 8.78. The minimum Gasteiger partial charge on any atom is -0.185 e. The monoisotopic (exact) mass is 222 g/mol. The van der Waals surface area contributed by atoms with Crippen LogP contribution in [0.2, 0.25) is 0 Å². The highest BCUT2D eigenvalue weighted by molar-refractivity contribution is 5.24. The van der Waals surface area contributed by atoms with E-state index in [2.05, 4.69) is 58.8 Å². The average molecular weight is 222 g/mol. The first-order valence-electron chi connectivity index (χ1n) is 5.93. The molecular weight excluding hydrogens is 208 g/mol. The zero-order valence-corrected chi connectivity index (χ0v) is 9.53. The molecule has 0 saturated carbocycles. The molecule has 2 aromatic carbocycles. The van der Waals surface area contributed by atoms with Crippen molar-refractivity contribution in [3.8, 4) is 0 Å². The van der Waals surface area contributed by atoms with E-state index in [0.29, 0.717) is 0 Å². The lowest BCUT2D eigenvalue weighted by Crippen LogP contribution is -1.96. The van der Waals surface area contributed by atoms with E-state index in [1.807, 2.05) is 12.1 Å². The summed E-state index contributed by atoms with van der Waals surface area (Å²) in [6.07, 6.45) is 0.980. The molecule has 2 nitrogen and oxygen atoms in total. The lowest BCUT2D eigenvalue weighted by molar-refractivity contribution is 0.659. The van der Waals surface area contributed by atoms with Gasteiger partial charge in [-0.25, -0.2) is 0 Å². The van der Waals surface area contributed by atoms with Crippen LogP contribution >= 0.6 is 0 Å². The molecule has 0 aromatic heterocycles. The number of benzene rings is 2. The summed E-state index contributed by atoms with van der Waals surface area (Å²) in [4.78, 5) is 0. The molecule has 0 amide bonds. The largest absolute Gasteiger partial charge is 0.185 e. The van der Waals surface area contributed by atoms with Crippen molar-refractivity contribution in [2.45, 2.75) is 18.5 Å². The molecule has 2 atom stereocenters. The maximum atomic E-state index is 4.39. The molecule has 0 spiro atoms. The highest BCUT2D eigenvalue weighted by Gasteiger charge is 2.24. The van der Waals surface area contributed by atoms with E-state index < -0.39 is 0 Å². The van der Waals surface area contributed by atoms with Gasteiger partial charge in [0, 0.05) is 6.42 Å². The Morgan fingerprint density at radius 1 is 0.647 bits per heavy atom. The molecular formula is C15H14N2. The van der Waals surface area contributed by atoms with Crippen molar-refractivity contribution in [2.75, 3.05) is 0 Å². The van der Waals surface area contributed by atoms with Gasteiger partial charge in [-0.3, -0.25) is 0 Å². The van der Waals surface area contributed by atoms with Gasteiger partial charge in [0.1, 0.15) is 0 Å². The Kier molecular flexibility index (Phi) is 2.70. The van der Waals surface area contributed by atoms with Crippen LogP contribution in [0.4, 0.5) is 0 Å². The molecule has 0 radical (unpaired) electrons. The second-order valence-electron chi connectivity index (χ2n) is 4.32. The van der Waals surface area contributed by atoms with Gasteiger partial charge in [-0.05, 0) is 11.1 Å². The zero-order valence-electron chi connectivity index (χ0n) is 9.53. The van der Waals surface area contributed by atoms with Gasteiger partial charge in [0.2, 0.25) is 0 Å². The second kappa shape index (κ2) is 4.50. The van der Waals surface area contributed by atoms with Crippen LogP contribution in [0.3, 0.4) is 0 Å². The molecule has 1 aliphatic heterocycles. The van der Waals surface area contributed by atoms with E-state index in [-0.39, 0.29) is 12.1 Å². The lowest BCUT2D eigenvalue weighted by atomic mass is 9.97. The van der Waals surface area contributed by atoms with E-state index in [0.717, 1.165) is 6.42 Å². The molecule has 84 valence electrons. The van der Waals surface area contributed by atoms with Crippen molar-refractivity contribution in [1.29, 1.82) is 0 Å². The Morgan fingerprint density at radius 2 is 1.06 bits per heavy atom. The first-order chi connectivity index (χ1) is 8.43. The summed E-state index contributed by atoms with van der Waals surface area (Å²) in [6.45, 7) is 0. The van der Waals surface area contributed by atoms with Gasteiger partial charge in [-0.15, -0.1) is 0 Å². The van der Waals surface area contributed by atoms with Crippen molar-refractivity contribution in [3.05, 3.63) is 71.8 Å². The second-order valence-corrected chi connectivity index (χ2v) is 4.32. The Balaban J connectivity index is 1.78. The number of nitrogens with zero attached hydrogens (tertiary/aromatic N) is 2. The van der Waals surface area contributed by atoms with Crippen LogP contribution in [-0.4, -0.2) is 0 Å². The fraction of sp³-hybridized carbons (Fsp3) is 0.200. The number of hydrogen-bond acceptors (Lipinski definition) is 2. The predicted molar refractivity (Wildman–Crippen MR) is 67.8 cm³/mol. The molecule has 3 rings (SSSR count).